The first kappa shape index (κ1) is 16.3. The molecule has 1 heterocycles. The molecule has 1 saturated heterocycles. The van der Waals surface area contributed by atoms with Crippen molar-refractivity contribution in [1.82, 2.24) is 10.2 Å². The van der Waals surface area contributed by atoms with Gasteiger partial charge in [-0.25, -0.2) is 0 Å². The van der Waals surface area contributed by atoms with Crippen LogP contribution < -0.4 is 5.32 Å². The number of likely N-dealkylation sites (tertiary alicyclic amines) is 1. The number of hydrogen-bond donors (Lipinski definition) is 2. The van der Waals surface area contributed by atoms with Gasteiger partial charge in [-0.2, -0.15) is 0 Å². The summed E-state index contributed by atoms with van der Waals surface area (Å²) < 4.78 is 0. The summed E-state index contributed by atoms with van der Waals surface area (Å²) in [6.07, 6.45) is 8.72. The fraction of sp³-hybridized carbons (Fsp3) is 0.933. The molecule has 0 bridgehead atoms. The average molecular weight is 393 g/mol. The molecule has 116 valence electrons. The molecule has 3 rings (SSSR count). The molecule has 0 radical (unpaired) electrons. The van der Waals surface area contributed by atoms with Gasteiger partial charge >= 0.3 is 0 Å². The lowest BCUT2D eigenvalue weighted by molar-refractivity contribution is 0.0967. The van der Waals surface area contributed by atoms with Gasteiger partial charge in [0, 0.05) is 26.7 Å². The van der Waals surface area contributed by atoms with Crippen LogP contribution in [0.3, 0.4) is 0 Å². The first-order valence-electron chi connectivity index (χ1n) is 7.87. The van der Waals surface area contributed by atoms with Gasteiger partial charge in [0.05, 0.1) is 6.10 Å². The Morgan fingerprint density at radius 1 is 1.25 bits per heavy atom. The lowest BCUT2D eigenvalue weighted by atomic mass is 9.65. The molecule has 3 fully saturated rings. The van der Waals surface area contributed by atoms with Crippen molar-refractivity contribution in [3.8, 4) is 0 Å². The third-order valence-corrected chi connectivity index (χ3v) is 5.37. The Kier molecular flexibility index (Phi) is 5.56. The van der Waals surface area contributed by atoms with Crippen molar-refractivity contribution in [1.29, 1.82) is 0 Å². The zero-order valence-corrected chi connectivity index (χ0v) is 14.8. The highest BCUT2D eigenvalue weighted by molar-refractivity contribution is 14.0. The van der Waals surface area contributed by atoms with E-state index in [2.05, 4.69) is 15.2 Å². The maximum Gasteiger partial charge on any atom is 0.193 e. The number of piperidine rings is 1. The van der Waals surface area contributed by atoms with Crippen LogP contribution in [0, 0.1) is 11.3 Å². The van der Waals surface area contributed by atoms with Gasteiger partial charge in [-0.05, 0) is 49.9 Å². The molecule has 0 unspecified atom stereocenters. The molecule has 2 saturated carbocycles. The Bertz CT molecular complexity index is 345. The van der Waals surface area contributed by atoms with Crippen molar-refractivity contribution in [2.75, 3.05) is 26.7 Å². The van der Waals surface area contributed by atoms with E-state index in [1.807, 2.05) is 7.05 Å². The molecule has 3 aliphatic rings. The zero-order chi connectivity index (χ0) is 13.3. The van der Waals surface area contributed by atoms with E-state index in [0.717, 1.165) is 44.4 Å². The highest BCUT2D eigenvalue weighted by atomic mass is 127. The first-order chi connectivity index (χ1) is 9.23. The third-order valence-electron chi connectivity index (χ3n) is 5.37. The van der Waals surface area contributed by atoms with E-state index in [-0.39, 0.29) is 30.1 Å². The fourth-order valence-electron chi connectivity index (χ4n) is 3.72. The van der Waals surface area contributed by atoms with Crippen LogP contribution >= 0.6 is 24.0 Å². The van der Waals surface area contributed by atoms with Crippen molar-refractivity contribution in [3.05, 3.63) is 0 Å². The van der Waals surface area contributed by atoms with Crippen molar-refractivity contribution >= 4 is 29.9 Å². The standard InChI is InChI=1S/C15H27N3O.HI/c1-16-14(18-9-5-13(19)6-10-18)17-11-15(7-2-8-15)12-3-4-12;/h12-13,19H,2-11H2,1H3,(H,16,17);1H. The van der Waals surface area contributed by atoms with Gasteiger partial charge in [0.2, 0.25) is 0 Å². The number of hydrogen-bond acceptors (Lipinski definition) is 2. The number of nitrogens with one attached hydrogen (secondary N) is 1. The van der Waals surface area contributed by atoms with Gasteiger partial charge in [0.25, 0.3) is 0 Å². The molecule has 0 aromatic carbocycles. The van der Waals surface area contributed by atoms with Gasteiger partial charge in [0.15, 0.2) is 5.96 Å². The minimum atomic E-state index is -0.112. The summed E-state index contributed by atoms with van der Waals surface area (Å²) in [6.45, 7) is 2.96. The quantitative estimate of drug-likeness (QED) is 0.439. The smallest absolute Gasteiger partial charge is 0.193 e. The summed E-state index contributed by atoms with van der Waals surface area (Å²) in [7, 11) is 1.87. The number of halogens is 1. The second-order valence-electron chi connectivity index (χ2n) is 6.61. The van der Waals surface area contributed by atoms with E-state index < -0.39 is 0 Å². The minimum absolute atomic E-state index is 0. The first-order valence-corrected chi connectivity index (χ1v) is 7.87. The molecule has 2 N–H and O–H groups in total. The molecular weight excluding hydrogens is 365 g/mol. The molecular formula is C15H28IN3O. The van der Waals surface area contributed by atoms with Crippen molar-refractivity contribution in [2.45, 2.75) is 51.0 Å². The predicted octanol–water partition coefficient (Wildman–Crippen LogP) is 2.22. The highest BCUT2D eigenvalue weighted by Gasteiger charge is 2.48. The summed E-state index contributed by atoms with van der Waals surface area (Å²) in [5.74, 6) is 2.02. The van der Waals surface area contributed by atoms with E-state index in [1.54, 1.807) is 0 Å². The molecule has 4 nitrogen and oxygen atoms in total. The average Bonchev–Trinajstić information content (AvgIpc) is 3.19. The summed E-state index contributed by atoms with van der Waals surface area (Å²) >= 11 is 0. The molecule has 0 aromatic rings. The number of guanidine groups is 1. The zero-order valence-electron chi connectivity index (χ0n) is 12.5. The fourth-order valence-corrected chi connectivity index (χ4v) is 3.72. The van der Waals surface area contributed by atoms with Crippen molar-refractivity contribution < 1.29 is 5.11 Å². The maximum absolute atomic E-state index is 9.58. The number of nitrogens with zero attached hydrogens (tertiary/aromatic N) is 2. The van der Waals surface area contributed by atoms with Gasteiger partial charge in [-0.15, -0.1) is 24.0 Å². The molecule has 20 heavy (non-hydrogen) atoms. The second-order valence-corrected chi connectivity index (χ2v) is 6.61. The minimum Gasteiger partial charge on any atom is -0.393 e. The SMILES string of the molecule is CN=C(NCC1(C2CC2)CCC1)N1CCC(O)CC1.I. The van der Waals surface area contributed by atoms with Crippen LogP contribution in [0.1, 0.15) is 44.9 Å². The normalized spacial score (nSPS) is 26.7. The van der Waals surface area contributed by atoms with Crippen LogP contribution in [0.4, 0.5) is 0 Å². The van der Waals surface area contributed by atoms with Crippen molar-refractivity contribution in [2.24, 2.45) is 16.3 Å². The monoisotopic (exact) mass is 393 g/mol. The number of aliphatic imine (C=N–C) groups is 1. The summed E-state index contributed by atoms with van der Waals surface area (Å²) in [5, 5.41) is 13.2. The Morgan fingerprint density at radius 3 is 2.35 bits per heavy atom. The van der Waals surface area contributed by atoms with Gasteiger partial charge in [0.1, 0.15) is 0 Å². The number of aliphatic hydroxyl groups is 1. The lowest BCUT2D eigenvalue weighted by Gasteiger charge is -2.44. The molecule has 0 spiro atoms. The highest BCUT2D eigenvalue weighted by Crippen LogP contribution is 2.56. The largest absolute Gasteiger partial charge is 0.393 e. The molecule has 0 atom stereocenters. The topological polar surface area (TPSA) is 47.9 Å². The van der Waals surface area contributed by atoms with Crippen LogP contribution in [0.15, 0.2) is 4.99 Å². The molecule has 5 heteroatoms. The van der Waals surface area contributed by atoms with E-state index >= 15 is 0 Å². The van der Waals surface area contributed by atoms with Gasteiger partial charge < -0.3 is 15.3 Å². The van der Waals surface area contributed by atoms with Crippen LogP contribution in [-0.4, -0.2) is 48.8 Å². The molecule has 1 aliphatic heterocycles. The Hall–Kier alpha value is -0.0400. The molecule has 0 aromatic heterocycles. The molecule has 0 amide bonds. The van der Waals surface area contributed by atoms with Crippen molar-refractivity contribution in [3.63, 3.8) is 0 Å². The van der Waals surface area contributed by atoms with Crippen LogP contribution in [0.25, 0.3) is 0 Å². The summed E-state index contributed by atoms with van der Waals surface area (Å²) in [5.41, 5.74) is 0.589. The van der Waals surface area contributed by atoms with Crippen LogP contribution in [0.2, 0.25) is 0 Å². The summed E-state index contributed by atoms with van der Waals surface area (Å²) in [4.78, 5) is 6.73. The Balaban J connectivity index is 0.00000147. The van der Waals surface area contributed by atoms with E-state index in [9.17, 15) is 5.11 Å². The third kappa shape index (κ3) is 3.40. The van der Waals surface area contributed by atoms with Crippen LogP contribution in [0.5, 0.6) is 0 Å². The van der Waals surface area contributed by atoms with E-state index in [1.165, 1.54) is 32.1 Å². The predicted molar refractivity (Wildman–Crippen MR) is 92.6 cm³/mol. The van der Waals surface area contributed by atoms with E-state index in [0.29, 0.717) is 5.41 Å². The number of aliphatic hydroxyl groups excluding tert-OH is 1. The summed E-state index contributed by atoms with van der Waals surface area (Å²) in [6, 6.07) is 0. The Labute approximate surface area is 139 Å². The Morgan fingerprint density at radius 2 is 1.90 bits per heavy atom. The van der Waals surface area contributed by atoms with Gasteiger partial charge in [-0.3, -0.25) is 4.99 Å². The lowest BCUT2D eigenvalue weighted by Crippen LogP contribution is -2.51. The van der Waals surface area contributed by atoms with Gasteiger partial charge in [-0.1, -0.05) is 6.42 Å². The maximum atomic E-state index is 9.58. The molecule has 2 aliphatic carbocycles. The van der Waals surface area contributed by atoms with Crippen LogP contribution in [-0.2, 0) is 0 Å². The number of rotatable bonds is 3. The van der Waals surface area contributed by atoms with E-state index in [4.69, 9.17) is 0 Å². The second kappa shape index (κ2) is 6.81.